The normalized spacial score (nSPS) is 10.4. The number of aromatic nitrogens is 2. The van der Waals surface area contributed by atoms with Crippen LogP contribution in [-0.4, -0.2) is 15.3 Å². The second-order valence-corrected chi connectivity index (χ2v) is 3.35. The molecule has 0 unspecified atom stereocenters. The van der Waals surface area contributed by atoms with E-state index in [1.165, 1.54) is 6.92 Å². The molecule has 0 fully saturated rings. The summed E-state index contributed by atoms with van der Waals surface area (Å²) in [6, 6.07) is 1.67. The minimum atomic E-state index is -0.142. The van der Waals surface area contributed by atoms with Gasteiger partial charge in [-0.15, -0.1) is 0 Å². The summed E-state index contributed by atoms with van der Waals surface area (Å²) in [5.41, 5.74) is 1.31. The highest BCUT2D eigenvalue weighted by Crippen LogP contribution is 2.20. The maximum Gasteiger partial charge on any atom is 0.221 e. The maximum atomic E-state index is 10.9. The Hall–Kier alpha value is -1.55. The molecule has 1 amide bonds. The first kappa shape index (κ1) is 9.02. The molecule has 1 N–H and O–H groups in total. The van der Waals surface area contributed by atoms with Gasteiger partial charge >= 0.3 is 0 Å². The van der Waals surface area contributed by atoms with E-state index in [0.29, 0.717) is 16.4 Å². The van der Waals surface area contributed by atoms with Gasteiger partial charge in [-0.25, -0.2) is 4.98 Å². The topological polar surface area (TPSA) is 46.4 Å². The van der Waals surface area contributed by atoms with Crippen LogP contribution in [0.3, 0.4) is 0 Å². The van der Waals surface area contributed by atoms with E-state index in [1.54, 1.807) is 29.1 Å². The van der Waals surface area contributed by atoms with E-state index in [9.17, 15) is 4.79 Å². The van der Waals surface area contributed by atoms with Gasteiger partial charge in [-0.05, 0) is 6.07 Å². The minimum Gasteiger partial charge on any atom is -0.323 e. The SMILES string of the molecule is CC(=O)Nc1cc(Cl)cn2ccnc12. The summed E-state index contributed by atoms with van der Waals surface area (Å²) < 4.78 is 1.76. The lowest BCUT2D eigenvalue weighted by atomic mass is 10.4. The smallest absolute Gasteiger partial charge is 0.221 e. The first-order valence-electron chi connectivity index (χ1n) is 4.06. The lowest BCUT2D eigenvalue weighted by Crippen LogP contribution is -2.07. The summed E-state index contributed by atoms with van der Waals surface area (Å²) in [5.74, 6) is -0.142. The number of nitrogens with zero attached hydrogens (tertiary/aromatic N) is 2. The Morgan fingerprint density at radius 2 is 2.43 bits per heavy atom. The number of amides is 1. The second kappa shape index (κ2) is 3.31. The molecule has 72 valence electrons. The van der Waals surface area contributed by atoms with Crippen molar-refractivity contribution in [1.82, 2.24) is 9.38 Å². The Bertz CT molecular complexity index is 492. The van der Waals surface area contributed by atoms with Crippen LogP contribution in [0.1, 0.15) is 6.92 Å². The Morgan fingerprint density at radius 3 is 3.14 bits per heavy atom. The van der Waals surface area contributed by atoms with Gasteiger partial charge in [0.15, 0.2) is 5.65 Å². The van der Waals surface area contributed by atoms with Crippen LogP contribution in [0.15, 0.2) is 24.7 Å². The van der Waals surface area contributed by atoms with E-state index in [0.717, 1.165) is 0 Å². The largest absolute Gasteiger partial charge is 0.323 e. The summed E-state index contributed by atoms with van der Waals surface area (Å²) in [6.07, 6.45) is 5.15. The molecule has 0 spiro atoms. The summed E-state index contributed by atoms with van der Waals surface area (Å²) >= 11 is 5.86. The van der Waals surface area contributed by atoms with Gasteiger partial charge in [0.1, 0.15) is 0 Å². The summed E-state index contributed by atoms with van der Waals surface area (Å²) in [5, 5.41) is 3.22. The predicted octanol–water partition coefficient (Wildman–Crippen LogP) is 1.95. The van der Waals surface area contributed by atoms with Crippen molar-refractivity contribution in [3.8, 4) is 0 Å². The molecule has 2 rings (SSSR count). The molecule has 0 atom stereocenters. The molecule has 0 saturated carbocycles. The van der Waals surface area contributed by atoms with Gasteiger partial charge < -0.3 is 9.72 Å². The molecule has 0 aliphatic rings. The summed E-state index contributed by atoms with van der Waals surface area (Å²) in [6.45, 7) is 1.44. The number of halogens is 1. The van der Waals surface area contributed by atoms with E-state index in [2.05, 4.69) is 10.3 Å². The van der Waals surface area contributed by atoms with Crippen molar-refractivity contribution in [2.24, 2.45) is 0 Å². The number of pyridine rings is 1. The van der Waals surface area contributed by atoms with Gasteiger partial charge in [0, 0.05) is 25.5 Å². The van der Waals surface area contributed by atoms with Crippen molar-refractivity contribution in [2.75, 3.05) is 5.32 Å². The van der Waals surface area contributed by atoms with Gasteiger partial charge in [-0.1, -0.05) is 11.6 Å². The average Bonchev–Trinajstić information content (AvgIpc) is 2.50. The zero-order valence-electron chi connectivity index (χ0n) is 7.49. The number of carbonyl (C=O) groups is 1. The van der Waals surface area contributed by atoms with E-state index in [4.69, 9.17) is 11.6 Å². The van der Waals surface area contributed by atoms with Crippen LogP contribution in [-0.2, 0) is 4.79 Å². The Kier molecular flexibility index (Phi) is 2.13. The fourth-order valence-corrected chi connectivity index (χ4v) is 1.49. The molecule has 2 heterocycles. The lowest BCUT2D eigenvalue weighted by molar-refractivity contribution is -0.114. The van der Waals surface area contributed by atoms with Crippen LogP contribution in [0.25, 0.3) is 5.65 Å². The summed E-state index contributed by atoms with van der Waals surface area (Å²) in [4.78, 5) is 15.0. The third-order valence-corrected chi connectivity index (χ3v) is 1.97. The first-order chi connectivity index (χ1) is 6.66. The second-order valence-electron chi connectivity index (χ2n) is 2.91. The number of anilines is 1. The molecular weight excluding hydrogens is 202 g/mol. The third-order valence-electron chi connectivity index (χ3n) is 1.76. The summed E-state index contributed by atoms with van der Waals surface area (Å²) in [7, 11) is 0. The van der Waals surface area contributed by atoms with Gasteiger partial charge in [0.25, 0.3) is 0 Å². The zero-order chi connectivity index (χ0) is 10.1. The third kappa shape index (κ3) is 1.56. The monoisotopic (exact) mass is 209 g/mol. The maximum absolute atomic E-state index is 10.9. The Morgan fingerprint density at radius 1 is 1.64 bits per heavy atom. The van der Waals surface area contributed by atoms with Crippen LogP contribution in [0.5, 0.6) is 0 Å². The molecule has 14 heavy (non-hydrogen) atoms. The number of nitrogens with one attached hydrogen (secondary N) is 1. The van der Waals surface area contributed by atoms with Gasteiger partial charge in [-0.2, -0.15) is 0 Å². The van der Waals surface area contributed by atoms with Crippen molar-refractivity contribution in [3.05, 3.63) is 29.7 Å². The van der Waals surface area contributed by atoms with Crippen molar-refractivity contribution in [2.45, 2.75) is 6.92 Å². The van der Waals surface area contributed by atoms with Crippen LogP contribution >= 0.6 is 11.6 Å². The fraction of sp³-hybridized carbons (Fsp3) is 0.111. The van der Waals surface area contributed by atoms with Crippen LogP contribution in [0.4, 0.5) is 5.69 Å². The highest BCUT2D eigenvalue weighted by atomic mass is 35.5. The molecule has 0 aliphatic carbocycles. The van der Waals surface area contributed by atoms with Crippen molar-refractivity contribution in [3.63, 3.8) is 0 Å². The molecular formula is C9H8ClN3O. The number of hydrogen-bond donors (Lipinski definition) is 1. The fourth-order valence-electron chi connectivity index (χ4n) is 1.28. The highest BCUT2D eigenvalue weighted by Gasteiger charge is 2.05. The molecule has 5 heteroatoms. The number of fused-ring (bicyclic) bond motifs is 1. The van der Waals surface area contributed by atoms with E-state index in [1.807, 2.05) is 0 Å². The van der Waals surface area contributed by atoms with Gasteiger partial charge in [0.2, 0.25) is 5.91 Å². The standard InChI is InChI=1S/C9H8ClN3O/c1-6(14)12-8-4-7(10)5-13-3-2-11-9(8)13/h2-5H,1H3,(H,12,14). The van der Waals surface area contributed by atoms with Crippen LogP contribution in [0.2, 0.25) is 5.02 Å². The van der Waals surface area contributed by atoms with E-state index >= 15 is 0 Å². The molecule has 0 bridgehead atoms. The minimum absolute atomic E-state index is 0.142. The van der Waals surface area contributed by atoms with Crippen LogP contribution < -0.4 is 5.32 Å². The lowest BCUT2D eigenvalue weighted by Gasteiger charge is -2.04. The number of rotatable bonds is 1. The van der Waals surface area contributed by atoms with E-state index < -0.39 is 0 Å². The predicted molar refractivity (Wildman–Crippen MR) is 54.5 cm³/mol. The quantitative estimate of drug-likeness (QED) is 0.780. The van der Waals surface area contributed by atoms with Crippen LogP contribution in [0, 0.1) is 0 Å². The number of imidazole rings is 1. The van der Waals surface area contributed by atoms with Gasteiger partial charge in [-0.3, -0.25) is 4.79 Å². The average molecular weight is 210 g/mol. The molecule has 0 aromatic carbocycles. The first-order valence-corrected chi connectivity index (χ1v) is 4.44. The molecule has 0 saturated heterocycles. The zero-order valence-corrected chi connectivity index (χ0v) is 8.25. The molecule has 2 aromatic rings. The number of hydrogen-bond acceptors (Lipinski definition) is 2. The van der Waals surface area contributed by atoms with Crippen molar-refractivity contribution >= 4 is 28.8 Å². The molecule has 0 aliphatic heterocycles. The molecule has 0 radical (unpaired) electrons. The molecule has 2 aromatic heterocycles. The number of carbonyl (C=O) groups excluding carboxylic acids is 1. The highest BCUT2D eigenvalue weighted by molar-refractivity contribution is 6.31. The van der Waals surface area contributed by atoms with Gasteiger partial charge in [0.05, 0.1) is 10.7 Å². The van der Waals surface area contributed by atoms with Crippen molar-refractivity contribution < 1.29 is 4.79 Å². The Balaban J connectivity index is 2.60. The Labute approximate surface area is 85.5 Å². The van der Waals surface area contributed by atoms with E-state index in [-0.39, 0.29) is 5.91 Å². The molecule has 4 nitrogen and oxygen atoms in total. The van der Waals surface area contributed by atoms with Crippen molar-refractivity contribution in [1.29, 1.82) is 0 Å².